The van der Waals surface area contributed by atoms with Crippen LogP contribution >= 0.6 is 0 Å². The lowest BCUT2D eigenvalue weighted by molar-refractivity contribution is -0.384. The molecule has 0 aliphatic rings. The maximum absolute atomic E-state index is 10.9. The van der Waals surface area contributed by atoms with Crippen LogP contribution in [0.3, 0.4) is 0 Å². The summed E-state index contributed by atoms with van der Waals surface area (Å²) in [5, 5.41) is 25.4. The fourth-order valence-corrected chi connectivity index (χ4v) is 1.87. The third kappa shape index (κ3) is 4.54. The summed E-state index contributed by atoms with van der Waals surface area (Å²) in [6, 6.07) is 12.8. The lowest BCUT2D eigenvalue weighted by Crippen LogP contribution is -2.28. The largest absolute Gasteiger partial charge is 0.546 e. The average Bonchev–Trinajstić information content (AvgIpc) is 2.58. The van der Waals surface area contributed by atoms with E-state index in [-0.39, 0.29) is 11.4 Å². The average molecular weight is 328 g/mol. The molecule has 0 aromatic heterocycles. The topological polar surface area (TPSA) is 117 Å². The minimum Gasteiger partial charge on any atom is -0.546 e. The molecule has 0 radical (unpaired) electrons. The molecule has 1 N–H and O–H groups in total. The third-order valence-electron chi connectivity index (χ3n) is 3.07. The van der Waals surface area contributed by atoms with Crippen LogP contribution in [0.1, 0.15) is 12.5 Å². The van der Waals surface area contributed by atoms with Crippen molar-refractivity contribution in [2.24, 2.45) is 5.10 Å². The number of carboxylic acids is 1. The zero-order valence-electron chi connectivity index (χ0n) is 12.8. The van der Waals surface area contributed by atoms with E-state index in [0.717, 1.165) is 5.56 Å². The highest BCUT2D eigenvalue weighted by Gasteiger charge is 2.11. The molecule has 124 valence electrons. The van der Waals surface area contributed by atoms with Gasteiger partial charge in [-0.2, -0.15) is 5.10 Å². The van der Waals surface area contributed by atoms with E-state index in [1.807, 2.05) is 0 Å². The normalized spacial score (nSPS) is 11.0. The number of nitrogens with one attached hydrogen (secondary N) is 1. The van der Waals surface area contributed by atoms with Gasteiger partial charge in [-0.3, -0.25) is 15.5 Å². The lowest BCUT2D eigenvalue weighted by atomic mass is 10.1. The molecular formula is C16H14N3O5-. The first kappa shape index (κ1) is 16.9. The second kappa shape index (κ2) is 7.73. The number of rotatable bonds is 7. The predicted molar refractivity (Wildman–Crippen MR) is 85.9 cm³/mol. The molecule has 2 rings (SSSR count). The second-order valence-corrected chi connectivity index (χ2v) is 4.77. The summed E-state index contributed by atoms with van der Waals surface area (Å²) in [7, 11) is 0. The number of benzene rings is 2. The molecule has 0 heterocycles. The molecule has 0 aliphatic heterocycles. The van der Waals surface area contributed by atoms with E-state index in [1.165, 1.54) is 6.07 Å². The molecule has 0 saturated carbocycles. The Morgan fingerprint density at radius 3 is 2.50 bits per heavy atom. The highest BCUT2D eigenvalue weighted by atomic mass is 16.6. The van der Waals surface area contributed by atoms with E-state index in [2.05, 4.69) is 10.5 Å². The molecule has 2 aromatic rings. The van der Waals surface area contributed by atoms with Crippen molar-refractivity contribution in [2.45, 2.75) is 6.92 Å². The van der Waals surface area contributed by atoms with Crippen LogP contribution in [0.5, 0.6) is 5.75 Å². The first-order valence-corrected chi connectivity index (χ1v) is 6.94. The number of nitro groups is 1. The summed E-state index contributed by atoms with van der Waals surface area (Å²) in [5.74, 6) is -0.909. The van der Waals surface area contributed by atoms with Crippen molar-refractivity contribution in [3.05, 3.63) is 64.2 Å². The van der Waals surface area contributed by atoms with Crippen molar-refractivity contribution >= 4 is 23.1 Å². The molecule has 0 bridgehead atoms. The summed E-state index contributed by atoms with van der Waals surface area (Å²) in [4.78, 5) is 20.8. The minimum absolute atomic E-state index is 0.0694. The third-order valence-corrected chi connectivity index (χ3v) is 3.07. The first-order valence-electron chi connectivity index (χ1n) is 6.94. The molecule has 0 aliphatic carbocycles. The van der Waals surface area contributed by atoms with Gasteiger partial charge in [0.25, 0.3) is 5.69 Å². The number of para-hydroxylation sites is 2. The van der Waals surface area contributed by atoms with Crippen LogP contribution < -0.4 is 15.3 Å². The van der Waals surface area contributed by atoms with E-state index < -0.39 is 17.5 Å². The fraction of sp³-hybridized carbons (Fsp3) is 0.125. The van der Waals surface area contributed by atoms with Gasteiger partial charge in [-0.25, -0.2) is 0 Å². The highest BCUT2D eigenvalue weighted by molar-refractivity contribution is 5.99. The van der Waals surface area contributed by atoms with E-state index in [1.54, 1.807) is 49.4 Å². The SMILES string of the molecule is C/C(=N/Nc1ccccc1[N+](=O)[O-])c1ccc(OCC(=O)[O-])cc1. The second-order valence-electron chi connectivity index (χ2n) is 4.77. The number of hydrogen-bond donors (Lipinski definition) is 1. The summed E-state index contributed by atoms with van der Waals surface area (Å²) in [6.07, 6.45) is 0. The minimum atomic E-state index is -1.30. The highest BCUT2D eigenvalue weighted by Crippen LogP contribution is 2.23. The Morgan fingerprint density at radius 2 is 1.88 bits per heavy atom. The van der Waals surface area contributed by atoms with E-state index in [9.17, 15) is 20.0 Å². The van der Waals surface area contributed by atoms with Crippen molar-refractivity contribution in [2.75, 3.05) is 12.0 Å². The first-order chi connectivity index (χ1) is 11.5. The van der Waals surface area contributed by atoms with Gasteiger partial charge in [-0.15, -0.1) is 0 Å². The number of hydrogen-bond acceptors (Lipinski definition) is 7. The van der Waals surface area contributed by atoms with E-state index in [0.29, 0.717) is 11.5 Å². The molecule has 8 heteroatoms. The van der Waals surface area contributed by atoms with Crippen LogP contribution in [0.4, 0.5) is 11.4 Å². The number of carbonyl (C=O) groups excluding carboxylic acids is 1. The van der Waals surface area contributed by atoms with Gasteiger partial charge in [0.05, 0.1) is 16.6 Å². The molecule has 0 fully saturated rings. The van der Waals surface area contributed by atoms with Crippen molar-refractivity contribution in [1.82, 2.24) is 0 Å². The number of carboxylic acid groups (broad SMARTS) is 1. The predicted octanol–water partition coefficient (Wildman–Crippen LogP) is 1.56. The Balaban J connectivity index is 2.08. The summed E-state index contributed by atoms with van der Waals surface area (Å²) in [5.41, 5.74) is 4.24. The Kier molecular flexibility index (Phi) is 5.45. The zero-order valence-corrected chi connectivity index (χ0v) is 12.8. The van der Waals surface area contributed by atoms with Gasteiger partial charge in [0.1, 0.15) is 18.0 Å². The van der Waals surface area contributed by atoms with Crippen LogP contribution in [0.15, 0.2) is 53.6 Å². The number of aliphatic carboxylic acids is 1. The van der Waals surface area contributed by atoms with E-state index in [4.69, 9.17) is 4.74 Å². The number of nitrogens with zero attached hydrogens (tertiary/aromatic N) is 2. The molecule has 0 unspecified atom stereocenters. The van der Waals surface area contributed by atoms with Gasteiger partial charge in [0, 0.05) is 6.07 Å². The molecule has 0 saturated heterocycles. The molecule has 0 amide bonds. The number of carbonyl (C=O) groups is 1. The number of anilines is 1. The maximum Gasteiger partial charge on any atom is 0.294 e. The maximum atomic E-state index is 10.9. The molecule has 2 aromatic carbocycles. The quantitative estimate of drug-likeness (QED) is 0.468. The number of hydrazone groups is 1. The Labute approximate surface area is 137 Å². The standard InChI is InChI=1S/C16H15N3O5/c1-11(12-6-8-13(9-7-12)24-10-16(20)21)17-18-14-4-2-3-5-15(14)19(22)23/h2-9,18H,10H2,1H3,(H,20,21)/p-1/b17-11-. The Morgan fingerprint density at radius 1 is 1.21 bits per heavy atom. The van der Waals surface area contributed by atoms with Crippen molar-refractivity contribution in [3.8, 4) is 5.75 Å². The fourth-order valence-electron chi connectivity index (χ4n) is 1.87. The Hall–Kier alpha value is -3.42. The number of ether oxygens (including phenoxy) is 1. The Bertz CT molecular complexity index is 772. The summed E-state index contributed by atoms with van der Waals surface area (Å²) < 4.78 is 4.98. The van der Waals surface area contributed by atoms with Crippen molar-refractivity contribution in [3.63, 3.8) is 0 Å². The van der Waals surface area contributed by atoms with E-state index >= 15 is 0 Å². The monoisotopic (exact) mass is 328 g/mol. The van der Waals surface area contributed by atoms with Crippen molar-refractivity contribution in [1.29, 1.82) is 0 Å². The summed E-state index contributed by atoms with van der Waals surface area (Å²) >= 11 is 0. The van der Waals surface area contributed by atoms with Gasteiger partial charge in [-0.1, -0.05) is 12.1 Å². The van der Waals surface area contributed by atoms with Crippen LogP contribution in [0, 0.1) is 10.1 Å². The smallest absolute Gasteiger partial charge is 0.294 e. The van der Waals surface area contributed by atoms with Gasteiger partial charge < -0.3 is 14.6 Å². The molecule has 24 heavy (non-hydrogen) atoms. The van der Waals surface area contributed by atoms with Gasteiger partial charge in [0.15, 0.2) is 0 Å². The molecule has 8 nitrogen and oxygen atoms in total. The van der Waals surface area contributed by atoms with Crippen LogP contribution in [-0.4, -0.2) is 23.2 Å². The van der Waals surface area contributed by atoms with Gasteiger partial charge in [0.2, 0.25) is 0 Å². The van der Waals surface area contributed by atoms with Crippen LogP contribution in [0.2, 0.25) is 0 Å². The molecule has 0 spiro atoms. The zero-order chi connectivity index (χ0) is 17.5. The van der Waals surface area contributed by atoms with Gasteiger partial charge in [-0.05, 0) is 42.8 Å². The van der Waals surface area contributed by atoms with Crippen LogP contribution in [-0.2, 0) is 4.79 Å². The number of nitro benzene ring substituents is 1. The lowest BCUT2D eigenvalue weighted by Gasteiger charge is -2.08. The van der Waals surface area contributed by atoms with Gasteiger partial charge >= 0.3 is 0 Å². The summed E-state index contributed by atoms with van der Waals surface area (Å²) in [6.45, 7) is 1.21. The van der Waals surface area contributed by atoms with Crippen molar-refractivity contribution < 1.29 is 19.6 Å². The molecular weight excluding hydrogens is 314 g/mol. The van der Waals surface area contributed by atoms with Crippen LogP contribution in [0.25, 0.3) is 0 Å². The molecule has 0 atom stereocenters.